The molecule has 2 aromatic heterocycles. The van der Waals surface area contributed by atoms with Crippen LogP contribution in [0, 0.1) is 5.41 Å². The number of aromatic nitrogens is 2. The predicted octanol–water partition coefficient (Wildman–Crippen LogP) is 4.73. The lowest BCUT2D eigenvalue weighted by Crippen LogP contribution is -2.47. The first-order valence-electron chi connectivity index (χ1n) is 13.2. The second-order valence-electron chi connectivity index (χ2n) is 10.4. The molecule has 0 saturated carbocycles. The summed E-state index contributed by atoms with van der Waals surface area (Å²) < 4.78 is 1.76. The summed E-state index contributed by atoms with van der Waals surface area (Å²) in [6.07, 6.45) is 4.42. The van der Waals surface area contributed by atoms with Gasteiger partial charge in [-0.3, -0.25) is 19.4 Å². The number of anilines is 2. The Bertz CT molecular complexity index is 1580. The Labute approximate surface area is 231 Å². The van der Waals surface area contributed by atoms with Gasteiger partial charge in [0.2, 0.25) is 11.8 Å². The Balaban J connectivity index is 1.37. The van der Waals surface area contributed by atoms with Gasteiger partial charge in [-0.2, -0.15) is 0 Å². The standard InChI is InChI=1S/C30H33N5O3S/c1-5-35-24-11-10-20(16-25(24)33(4)28(37)30(2,3)29(35)38)17-32-23(26-18-31-19-39-26)13-15-34-14-12-21-8-6-7-9-22(21)27(34)36/h6-12,14,16,18-19,23,32H,5,13,15,17H2,1-4H3. The van der Waals surface area contributed by atoms with Crippen molar-refractivity contribution in [2.75, 3.05) is 23.4 Å². The smallest absolute Gasteiger partial charge is 0.258 e. The molecule has 1 aliphatic heterocycles. The van der Waals surface area contributed by atoms with Crippen molar-refractivity contribution in [1.82, 2.24) is 14.9 Å². The lowest BCUT2D eigenvalue weighted by Gasteiger charge is -2.27. The van der Waals surface area contributed by atoms with Gasteiger partial charge in [0.1, 0.15) is 5.41 Å². The van der Waals surface area contributed by atoms with Crippen molar-refractivity contribution in [2.45, 2.75) is 46.3 Å². The summed E-state index contributed by atoms with van der Waals surface area (Å²) in [6.45, 7) is 6.88. The number of thiazole rings is 1. The quantitative estimate of drug-likeness (QED) is 0.325. The van der Waals surface area contributed by atoms with Gasteiger partial charge in [0.15, 0.2) is 0 Å². The van der Waals surface area contributed by atoms with Gasteiger partial charge >= 0.3 is 0 Å². The number of pyridine rings is 1. The van der Waals surface area contributed by atoms with E-state index in [1.54, 1.807) is 46.6 Å². The second kappa shape index (κ2) is 10.7. The lowest BCUT2D eigenvalue weighted by atomic mass is 9.90. The van der Waals surface area contributed by atoms with Crippen LogP contribution in [0.25, 0.3) is 10.8 Å². The first-order valence-corrected chi connectivity index (χ1v) is 14.0. The van der Waals surface area contributed by atoms with Crippen LogP contribution in [0.1, 0.15) is 43.7 Å². The van der Waals surface area contributed by atoms with Crippen LogP contribution in [0.4, 0.5) is 11.4 Å². The van der Waals surface area contributed by atoms with Crippen LogP contribution < -0.4 is 20.7 Å². The van der Waals surface area contributed by atoms with Gasteiger partial charge < -0.3 is 19.7 Å². The van der Waals surface area contributed by atoms with E-state index >= 15 is 0 Å². The van der Waals surface area contributed by atoms with E-state index in [0.29, 0.717) is 31.4 Å². The molecule has 9 heteroatoms. The maximum atomic E-state index is 13.2. The molecule has 4 aromatic rings. The molecule has 5 rings (SSSR count). The van der Waals surface area contributed by atoms with Gasteiger partial charge in [-0.1, -0.05) is 24.3 Å². The topological polar surface area (TPSA) is 87.5 Å². The summed E-state index contributed by atoms with van der Waals surface area (Å²) in [5.41, 5.74) is 3.13. The summed E-state index contributed by atoms with van der Waals surface area (Å²) in [6, 6.07) is 15.5. The zero-order valence-corrected chi connectivity index (χ0v) is 23.5. The number of carbonyl (C=O) groups excluding carboxylic acids is 2. The van der Waals surface area contributed by atoms with Gasteiger partial charge in [-0.15, -0.1) is 11.3 Å². The minimum atomic E-state index is -1.14. The Morgan fingerprint density at radius 3 is 2.56 bits per heavy atom. The van der Waals surface area contributed by atoms with Crippen molar-refractivity contribution in [3.8, 4) is 0 Å². The number of aryl methyl sites for hydroxylation is 1. The molecule has 0 saturated heterocycles. The summed E-state index contributed by atoms with van der Waals surface area (Å²) in [7, 11) is 1.73. The number of carbonyl (C=O) groups is 2. The van der Waals surface area contributed by atoms with Gasteiger partial charge in [-0.05, 0) is 62.4 Å². The van der Waals surface area contributed by atoms with Gasteiger partial charge in [0, 0.05) is 55.4 Å². The van der Waals surface area contributed by atoms with E-state index in [4.69, 9.17) is 0 Å². The Morgan fingerprint density at radius 1 is 1.03 bits per heavy atom. The van der Waals surface area contributed by atoms with E-state index in [9.17, 15) is 14.4 Å². The third-order valence-corrected chi connectivity index (χ3v) is 8.41. The van der Waals surface area contributed by atoms with Crippen molar-refractivity contribution >= 4 is 45.3 Å². The molecule has 0 aliphatic carbocycles. The minimum Gasteiger partial charge on any atom is -0.315 e. The maximum absolute atomic E-state index is 13.2. The van der Waals surface area contributed by atoms with Gasteiger partial charge in [-0.25, -0.2) is 0 Å². The predicted molar refractivity (Wildman–Crippen MR) is 156 cm³/mol. The molecule has 39 heavy (non-hydrogen) atoms. The summed E-state index contributed by atoms with van der Waals surface area (Å²) in [4.78, 5) is 48.0. The molecule has 2 aromatic carbocycles. The van der Waals surface area contributed by atoms with Crippen LogP contribution in [0.5, 0.6) is 0 Å². The molecule has 1 unspecified atom stereocenters. The Morgan fingerprint density at radius 2 is 1.82 bits per heavy atom. The van der Waals surface area contributed by atoms with E-state index in [0.717, 1.165) is 27.2 Å². The molecule has 3 heterocycles. The zero-order valence-electron chi connectivity index (χ0n) is 22.7. The molecule has 0 radical (unpaired) electrons. The largest absolute Gasteiger partial charge is 0.315 e. The highest BCUT2D eigenvalue weighted by Gasteiger charge is 2.45. The van der Waals surface area contributed by atoms with Crippen LogP contribution in [-0.2, 0) is 22.7 Å². The SMILES string of the molecule is CCN1C(=O)C(C)(C)C(=O)N(C)c2cc(CNC(CCn3ccc4ccccc4c3=O)c3cncs3)ccc21. The third-order valence-electron chi connectivity index (χ3n) is 7.52. The highest BCUT2D eigenvalue weighted by Crippen LogP contribution is 2.38. The number of benzene rings is 2. The average molecular weight is 544 g/mol. The van der Waals surface area contributed by atoms with Crippen molar-refractivity contribution in [3.63, 3.8) is 0 Å². The number of amides is 2. The average Bonchev–Trinajstić information content (AvgIpc) is 3.47. The maximum Gasteiger partial charge on any atom is 0.258 e. The summed E-state index contributed by atoms with van der Waals surface area (Å²) in [5.74, 6) is -0.418. The second-order valence-corrected chi connectivity index (χ2v) is 11.3. The van der Waals surface area contributed by atoms with Crippen molar-refractivity contribution < 1.29 is 9.59 Å². The fraction of sp³-hybridized carbons (Fsp3) is 0.333. The fourth-order valence-electron chi connectivity index (χ4n) is 5.21. The molecular formula is C30H33N5O3S. The van der Waals surface area contributed by atoms with Crippen LogP contribution in [0.15, 0.2) is 71.2 Å². The van der Waals surface area contributed by atoms with E-state index in [1.807, 2.05) is 73.4 Å². The molecule has 1 N–H and O–H groups in total. The zero-order chi connectivity index (χ0) is 27.7. The molecule has 0 spiro atoms. The number of nitrogens with one attached hydrogen (secondary N) is 1. The molecule has 0 fully saturated rings. The Kier molecular flexibility index (Phi) is 7.38. The van der Waals surface area contributed by atoms with E-state index in [-0.39, 0.29) is 23.4 Å². The van der Waals surface area contributed by atoms with Crippen molar-refractivity contribution in [1.29, 1.82) is 0 Å². The number of hydrogen-bond acceptors (Lipinski definition) is 6. The summed E-state index contributed by atoms with van der Waals surface area (Å²) in [5, 5.41) is 5.29. The fourth-order valence-corrected chi connectivity index (χ4v) is 5.95. The minimum absolute atomic E-state index is 0.00700. The number of nitrogens with zero attached hydrogens (tertiary/aromatic N) is 4. The number of fused-ring (bicyclic) bond motifs is 2. The van der Waals surface area contributed by atoms with E-state index < -0.39 is 5.41 Å². The normalized spacial score (nSPS) is 15.9. The monoisotopic (exact) mass is 543 g/mol. The van der Waals surface area contributed by atoms with Crippen LogP contribution in [0.3, 0.4) is 0 Å². The lowest BCUT2D eigenvalue weighted by molar-refractivity contribution is -0.137. The molecule has 2 amide bonds. The highest BCUT2D eigenvalue weighted by atomic mass is 32.1. The molecule has 1 aliphatic rings. The van der Waals surface area contributed by atoms with Gasteiger partial charge in [0.25, 0.3) is 5.56 Å². The molecule has 8 nitrogen and oxygen atoms in total. The number of hydrogen-bond donors (Lipinski definition) is 1. The van der Waals surface area contributed by atoms with Crippen LogP contribution in [-0.4, -0.2) is 35.0 Å². The van der Waals surface area contributed by atoms with Gasteiger partial charge in [0.05, 0.1) is 16.9 Å². The van der Waals surface area contributed by atoms with Crippen LogP contribution >= 0.6 is 11.3 Å². The summed E-state index contributed by atoms with van der Waals surface area (Å²) >= 11 is 1.58. The van der Waals surface area contributed by atoms with Crippen LogP contribution in [0.2, 0.25) is 0 Å². The molecule has 1 atom stereocenters. The highest BCUT2D eigenvalue weighted by molar-refractivity contribution is 7.09. The molecule has 202 valence electrons. The van der Waals surface area contributed by atoms with Crippen molar-refractivity contribution in [2.24, 2.45) is 5.41 Å². The third kappa shape index (κ3) is 4.99. The van der Waals surface area contributed by atoms with E-state index in [1.165, 1.54) is 0 Å². The molecule has 0 bridgehead atoms. The Hall–Kier alpha value is -3.82. The first-order chi connectivity index (χ1) is 18.7. The first kappa shape index (κ1) is 26.8. The van der Waals surface area contributed by atoms with E-state index in [2.05, 4.69) is 10.3 Å². The molecular weight excluding hydrogens is 510 g/mol. The number of rotatable bonds is 8. The van der Waals surface area contributed by atoms with Crippen molar-refractivity contribution in [3.05, 3.63) is 87.2 Å².